The molecule has 0 radical (unpaired) electrons. The third kappa shape index (κ3) is 7.33. The highest BCUT2D eigenvalue weighted by atomic mass is 79.9. The molecule has 0 saturated carbocycles. The minimum Gasteiger partial charge on any atom is -0.376 e. The summed E-state index contributed by atoms with van der Waals surface area (Å²) in [7, 11) is 0. The molecule has 48 heavy (non-hydrogen) atoms. The number of nitro benzene ring substituents is 1. The summed E-state index contributed by atoms with van der Waals surface area (Å²) in [6.07, 6.45) is 0.296. The lowest BCUT2D eigenvalue weighted by atomic mass is 10.1. The second kappa shape index (κ2) is 14.3. The van der Waals surface area contributed by atoms with Gasteiger partial charge in [0.1, 0.15) is 5.82 Å². The Balaban J connectivity index is 1.28. The predicted molar refractivity (Wildman–Crippen MR) is 194 cm³/mol. The molecule has 240 valence electrons. The first-order chi connectivity index (χ1) is 23.2. The Kier molecular flexibility index (Phi) is 9.72. The first-order valence-electron chi connectivity index (χ1n) is 14.5. The minimum atomic E-state index is -0.525. The zero-order valence-corrected chi connectivity index (χ0v) is 28.0. The van der Waals surface area contributed by atoms with Gasteiger partial charge in [-0.15, -0.1) is 0 Å². The van der Waals surface area contributed by atoms with Gasteiger partial charge < -0.3 is 16.0 Å². The molecule has 1 amide bonds. The predicted octanol–water partition coefficient (Wildman–Crippen LogP) is 8.75. The van der Waals surface area contributed by atoms with Crippen molar-refractivity contribution < 1.29 is 9.72 Å². The number of amides is 1. The number of nitrogens with zero attached hydrogens (tertiary/aromatic N) is 3. The molecule has 1 heterocycles. The highest BCUT2D eigenvalue weighted by Crippen LogP contribution is 2.34. The third-order valence-corrected chi connectivity index (χ3v) is 8.53. The number of nitrogens with one attached hydrogen (secondary N) is 3. The number of para-hydroxylation sites is 2. The summed E-state index contributed by atoms with van der Waals surface area (Å²) in [6.45, 7) is -0.0853. The van der Waals surface area contributed by atoms with Gasteiger partial charge in [0.15, 0.2) is 0 Å². The molecule has 13 heteroatoms. The van der Waals surface area contributed by atoms with Crippen molar-refractivity contribution in [3.63, 3.8) is 0 Å². The largest absolute Gasteiger partial charge is 0.376 e. The number of carbonyl (C=O) groups is 1. The van der Waals surface area contributed by atoms with Gasteiger partial charge in [-0.1, -0.05) is 69.5 Å². The SMILES string of the molecule is O=C(CNc1ccc(-n2c(Cc3ccccc3Nc3c(Cl)cccc3Cl)nc3ccc(Br)cc3c2=O)cc1)Nc1cccc([N+](=O)[O-])c1. The summed E-state index contributed by atoms with van der Waals surface area (Å²) in [5.74, 6) is 0.124. The van der Waals surface area contributed by atoms with E-state index in [9.17, 15) is 19.7 Å². The standard InChI is InChI=1S/C35H25BrCl2N6O4/c36-22-11-16-31-27(18-22)35(46)43(32(41-31)17-21-5-1-2-10-30(21)42-34-28(37)8-4-9-29(34)38)25-14-12-23(13-15-25)39-20-33(45)40-24-6-3-7-26(19-24)44(47)48/h1-16,18-19,39,42H,17,20H2,(H,40,45). The summed E-state index contributed by atoms with van der Waals surface area (Å²) in [6, 6.07) is 31.1. The van der Waals surface area contributed by atoms with E-state index in [2.05, 4.69) is 31.9 Å². The van der Waals surface area contributed by atoms with Crippen molar-refractivity contribution in [2.45, 2.75) is 6.42 Å². The van der Waals surface area contributed by atoms with Crippen LogP contribution >= 0.6 is 39.1 Å². The number of carbonyl (C=O) groups excluding carboxylic acids is 1. The van der Waals surface area contributed by atoms with Crippen LogP contribution in [0.2, 0.25) is 10.0 Å². The Morgan fingerprint density at radius 3 is 2.35 bits per heavy atom. The van der Waals surface area contributed by atoms with Crippen molar-refractivity contribution in [1.29, 1.82) is 0 Å². The van der Waals surface area contributed by atoms with E-state index in [1.165, 1.54) is 18.2 Å². The van der Waals surface area contributed by atoms with Gasteiger partial charge in [0.25, 0.3) is 11.2 Å². The van der Waals surface area contributed by atoms with Crippen LogP contribution < -0.4 is 21.5 Å². The average Bonchev–Trinajstić information content (AvgIpc) is 3.07. The molecule has 0 aliphatic rings. The summed E-state index contributed by atoms with van der Waals surface area (Å²) in [5, 5.41) is 21.5. The zero-order chi connectivity index (χ0) is 33.8. The van der Waals surface area contributed by atoms with Crippen molar-refractivity contribution in [3.05, 3.63) is 156 Å². The summed E-state index contributed by atoms with van der Waals surface area (Å²) >= 11 is 16.4. The summed E-state index contributed by atoms with van der Waals surface area (Å²) in [4.78, 5) is 42.0. The molecule has 6 aromatic rings. The molecule has 10 nitrogen and oxygen atoms in total. The van der Waals surface area contributed by atoms with Crippen LogP contribution in [0, 0.1) is 10.1 Å². The monoisotopic (exact) mass is 742 g/mol. The fraction of sp³-hybridized carbons (Fsp3) is 0.0571. The van der Waals surface area contributed by atoms with Crippen LogP contribution in [-0.4, -0.2) is 26.9 Å². The van der Waals surface area contributed by atoms with Gasteiger partial charge in [-0.3, -0.25) is 24.3 Å². The molecule has 1 aromatic heterocycles. The first kappa shape index (κ1) is 32.7. The zero-order valence-electron chi connectivity index (χ0n) is 24.9. The maximum absolute atomic E-state index is 14.0. The van der Waals surface area contributed by atoms with Gasteiger partial charge in [0, 0.05) is 40.1 Å². The number of fused-ring (bicyclic) bond motifs is 1. The number of nitro groups is 1. The topological polar surface area (TPSA) is 131 Å². The number of halogens is 3. The van der Waals surface area contributed by atoms with Crippen LogP contribution in [0.5, 0.6) is 0 Å². The maximum Gasteiger partial charge on any atom is 0.271 e. The lowest BCUT2D eigenvalue weighted by Gasteiger charge is -2.17. The summed E-state index contributed by atoms with van der Waals surface area (Å²) in [5.41, 5.74) is 3.91. The molecule has 6 rings (SSSR count). The maximum atomic E-state index is 14.0. The fourth-order valence-electron chi connectivity index (χ4n) is 5.12. The molecule has 0 saturated heterocycles. The van der Waals surface area contributed by atoms with Gasteiger partial charge in [-0.2, -0.15) is 0 Å². The number of aromatic nitrogens is 2. The van der Waals surface area contributed by atoms with E-state index in [-0.39, 0.29) is 23.7 Å². The highest BCUT2D eigenvalue weighted by molar-refractivity contribution is 9.10. The Labute approximate surface area is 292 Å². The van der Waals surface area contributed by atoms with Gasteiger partial charge in [0.05, 0.1) is 43.8 Å². The Hall–Kier alpha value is -5.23. The molecule has 0 bridgehead atoms. The van der Waals surface area contributed by atoms with Gasteiger partial charge in [0.2, 0.25) is 5.91 Å². The van der Waals surface area contributed by atoms with Crippen molar-refractivity contribution in [2.24, 2.45) is 0 Å². The van der Waals surface area contributed by atoms with Crippen molar-refractivity contribution in [3.8, 4) is 5.69 Å². The van der Waals surface area contributed by atoms with E-state index in [1.807, 2.05) is 30.3 Å². The van der Waals surface area contributed by atoms with E-state index in [1.54, 1.807) is 65.2 Å². The van der Waals surface area contributed by atoms with Crippen molar-refractivity contribution >= 4 is 84.4 Å². The Morgan fingerprint density at radius 2 is 1.60 bits per heavy atom. The molecule has 3 N–H and O–H groups in total. The van der Waals surface area contributed by atoms with E-state index in [0.29, 0.717) is 55.9 Å². The number of hydrogen-bond acceptors (Lipinski definition) is 7. The Morgan fingerprint density at radius 1 is 0.875 bits per heavy atom. The van der Waals surface area contributed by atoms with Gasteiger partial charge in [-0.05, 0) is 72.3 Å². The van der Waals surface area contributed by atoms with E-state index >= 15 is 0 Å². The smallest absolute Gasteiger partial charge is 0.271 e. The molecular formula is C35H25BrCl2N6O4. The van der Waals surface area contributed by atoms with Crippen LogP contribution in [0.3, 0.4) is 0 Å². The van der Waals surface area contributed by atoms with E-state index in [4.69, 9.17) is 28.2 Å². The molecule has 0 spiro atoms. The molecule has 0 aliphatic carbocycles. The first-order valence-corrected chi connectivity index (χ1v) is 16.1. The highest BCUT2D eigenvalue weighted by Gasteiger charge is 2.17. The molecule has 0 atom stereocenters. The number of hydrogen-bond donors (Lipinski definition) is 3. The lowest BCUT2D eigenvalue weighted by molar-refractivity contribution is -0.384. The normalized spacial score (nSPS) is 10.9. The molecule has 0 fully saturated rings. The Bertz CT molecular complexity index is 2220. The van der Waals surface area contributed by atoms with E-state index in [0.717, 1.165) is 15.7 Å². The van der Waals surface area contributed by atoms with Crippen LogP contribution in [-0.2, 0) is 11.2 Å². The molecule has 0 unspecified atom stereocenters. The van der Waals surface area contributed by atoms with Crippen LogP contribution in [0.15, 0.2) is 118 Å². The molecule has 5 aromatic carbocycles. The molecule has 0 aliphatic heterocycles. The number of anilines is 4. The number of benzene rings is 5. The quantitative estimate of drug-likeness (QED) is 0.0945. The summed E-state index contributed by atoms with van der Waals surface area (Å²) < 4.78 is 2.33. The second-order valence-electron chi connectivity index (χ2n) is 10.6. The van der Waals surface area contributed by atoms with Gasteiger partial charge in [-0.25, -0.2) is 4.98 Å². The van der Waals surface area contributed by atoms with Crippen molar-refractivity contribution in [1.82, 2.24) is 9.55 Å². The average molecular weight is 744 g/mol. The van der Waals surface area contributed by atoms with Gasteiger partial charge >= 0.3 is 0 Å². The van der Waals surface area contributed by atoms with Crippen LogP contribution in [0.25, 0.3) is 16.6 Å². The molecular weight excluding hydrogens is 719 g/mol. The second-order valence-corrected chi connectivity index (χ2v) is 12.4. The lowest BCUT2D eigenvalue weighted by Crippen LogP contribution is -2.24. The number of non-ortho nitro benzene ring substituents is 1. The minimum absolute atomic E-state index is 0.0853. The van der Waals surface area contributed by atoms with Crippen LogP contribution in [0.1, 0.15) is 11.4 Å². The fourth-order valence-corrected chi connectivity index (χ4v) is 5.97. The third-order valence-electron chi connectivity index (χ3n) is 7.41. The number of rotatable bonds is 10. The van der Waals surface area contributed by atoms with E-state index < -0.39 is 4.92 Å². The van der Waals surface area contributed by atoms with Crippen molar-refractivity contribution in [2.75, 3.05) is 22.5 Å². The van der Waals surface area contributed by atoms with Crippen LogP contribution in [0.4, 0.5) is 28.4 Å².